The molecule has 2 N–H and O–H groups in total. The minimum atomic E-state index is -0.264. The van der Waals surface area contributed by atoms with Gasteiger partial charge in [-0.1, -0.05) is 0 Å². The van der Waals surface area contributed by atoms with Gasteiger partial charge in [0, 0.05) is 16.5 Å². The predicted octanol–water partition coefficient (Wildman–Crippen LogP) is 2.15. The number of thiophene rings is 1. The third-order valence-corrected chi connectivity index (χ3v) is 3.24. The summed E-state index contributed by atoms with van der Waals surface area (Å²) in [6.45, 7) is 0. The second-order valence-corrected chi connectivity index (χ2v) is 4.46. The van der Waals surface area contributed by atoms with Gasteiger partial charge in [0.25, 0.3) is 0 Å². The Morgan fingerprint density at radius 2 is 1.88 bits per heavy atom. The van der Waals surface area contributed by atoms with Crippen LogP contribution in [0.1, 0.15) is 15.9 Å². The van der Waals surface area contributed by atoms with Crippen LogP contribution in [0.2, 0.25) is 0 Å². The first-order valence-corrected chi connectivity index (χ1v) is 5.97. The molecule has 0 saturated carbocycles. The first-order valence-electron chi connectivity index (χ1n) is 5.03. The fourth-order valence-electron chi connectivity index (χ4n) is 1.73. The normalized spacial score (nSPS) is 10.8. The Bertz CT molecular complexity index is 737. The first-order chi connectivity index (χ1) is 8.24. The Morgan fingerprint density at radius 3 is 2.65 bits per heavy atom. The molecule has 0 saturated heterocycles. The fraction of sp³-hybridized carbons (Fsp3) is 0. The molecule has 0 amide bonds. The molecule has 0 bridgehead atoms. The van der Waals surface area contributed by atoms with Gasteiger partial charge in [-0.05, 0) is 29.6 Å². The maximum absolute atomic E-state index is 12.1. The molecule has 84 valence electrons. The zero-order chi connectivity index (χ0) is 11.8. The highest BCUT2D eigenvalue weighted by Crippen LogP contribution is 2.16. The molecule has 0 aliphatic heterocycles. The van der Waals surface area contributed by atoms with E-state index < -0.39 is 0 Å². The Morgan fingerprint density at radius 1 is 1.06 bits per heavy atom. The van der Waals surface area contributed by atoms with Crippen molar-refractivity contribution in [2.24, 2.45) is 0 Å². The number of hydrogen-bond acceptors (Lipinski definition) is 3. The van der Waals surface area contributed by atoms with Crippen molar-refractivity contribution in [3.63, 3.8) is 0 Å². The number of imidazole rings is 1. The summed E-state index contributed by atoms with van der Waals surface area (Å²) >= 11 is 1.49. The Labute approximate surface area is 99.9 Å². The number of carbonyl (C=O) groups excluding carboxylic acids is 1. The highest BCUT2D eigenvalue weighted by Gasteiger charge is 2.10. The van der Waals surface area contributed by atoms with Crippen LogP contribution in [-0.4, -0.2) is 15.8 Å². The van der Waals surface area contributed by atoms with Crippen molar-refractivity contribution < 1.29 is 4.79 Å². The van der Waals surface area contributed by atoms with Gasteiger partial charge in [0.15, 0.2) is 5.78 Å². The number of hydrogen-bond donors (Lipinski definition) is 2. The van der Waals surface area contributed by atoms with Crippen molar-refractivity contribution in [2.75, 3.05) is 0 Å². The Hall–Kier alpha value is -2.14. The van der Waals surface area contributed by atoms with Gasteiger partial charge in [0.2, 0.25) is 0 Å². The van der Waals surface area contributed by atoms with E-state index in [4.69, 9.17) is 0 Å². The Balaban J connectivity index is 2.12. The lowest BCUT2D eigenvalue weighted by Crippen LogP contribution is -1.99. The summed E-state index contributed by atoms with van der Waals surface area (Å²) in [5, 5.41) is 3.68. The molecule has 1 aromatic carbocycles. The van der Waals surface area contributed by atoms with Crippen molar-refractivity contribution in [3.05, 3.63) is 56.6 Å². The summed E-state index contributed by atoms with van der Waals surface area (Å²) in [6.07, 6.45) is 0. The van der Waals surface area contributed by atoms with E-state index in [0.717, 1.165) is 0 Å². The lowest BCUT2D eigenvalue weighted by atomic mass is 10.1. The van der Waals surface area contributed by atoms with Crippen LogP contribution in [0, 0.1) is 0 Å². The van der Waals surface area contributed by atoms with Crippen LogP contribution in [0.3, 0.4) is 0 Å². The molecular formula is C12H8N2O2S. The molecule has 5 heteroatoms. The van der Waals surface area contributed by atoms with Crippen LogP contribution in [0.25, 0.3) is 11.0 Å². The average Bonchev–Trinajstić information content (AvgIpc) is 2.94. The number of ketones is 1. The van der Waals surface area contributed by atoms with Crippen molar-refractivity contribution in [1.29, 1.82) is 0 Å². The fourth-order valence-corrected chi connectivity index (χ4v) is 2.37. The van der Waals surface area contributed by atoms with Gasteiger partial charge in [-0.15, -0.1) is 0 Å². The molecule has 0 spiro atoms. The molecule has 4 nitrogen and oxygen atoms in total. The van der Waals surface area contributed by atoms with Crippen LogP contribution in [-0.2, 0) is 0 Å². The van der Waals surface area contributed by atoms with Gasteiger partial charge >= 0.3 is 5.69 Å². The molecule has 3 aromatic rings. The van der Waals surface area contributed by atoms with E-state index in [1.54, 1.807) is 24.3 Å². The number of nitrogens with one attached hydrogen (secondary N) is 2. The molecular weight excluding hydrogens is 236 g/mol. The van der Waals surface area contributed by atoms with E-state index in [1.165, 1.54) is 11.3 Å². The number of aromatic amines is 2. The van der Waals surface area contributed by atoms with Gasteiger partial charge in [0.05, 0.1) is 11.0 Å². The number of H-pyrrole nitrogens is 2. The highest BCUT2D eigenvalue weighted by molar-refractivity contribution is 7.08. The molecule has 0 unspecified atom stereocenters. The van der Waals surface area contributed by atoms with E-state index >= 15 is 0 Å². The monoisotopic (exact) mass is 244 g/mol. The third kappa shape index (κ3) is 1.70. The number of benzene rings is 1. The lowest BCUT2D eigenvalue weighted by molar-refractivity contribution is 0.103. The third-order valence-electron chi connectivity index (χ3n) is 2.56. The van der Waals surface area contributed by atoms with Crippen molar-refractivity contribution in [2.45, 2.75) is 0 Å². The molecule has 0 aliphatic carbocycles. The predicted molar refractivity (Wildman–Crippen MR) is 66.7 cm³/mol. The summed E-state index contributed by atoms with van der Waals surface area (Å²) in [5.74, 6) is -0.0322. The standard InChI is InChI=1S/C12H8N2O2S/c15-11(8-3-4-17-6-8)7-1-2-9-10(5-7)14-12(16)13-9/h1-6H,(H2,13,14,16). The maximum Gasteiger partial charge on any atom is 0.323 e. The van der Waals surface area contributed by atoms with E-state index in [0.29, 0.717) is 22.2 Å². The second kappa shape index (κ2) is 3.71. The number of rotatable bonds is 2. The minimum absolute atomic E-state index is 0.0322. The quantitative estimate of drug-likeness (QED) is 0.678. The smallest absolute Gasteiger partial charge is 0.306 e. The number of carbonyl (C=O) groups is 1. The molecule has 2 heterocycles. The van der Waals surface area contributed by atoms with Gasteiger partial charge in [-0.25, -0.2) is 4.79 Å². The van der Waals surface area contributed by atoms with Gasteiger partial charge in [-0.2, -0.15) is 11.3 Å². The molecule has 0 fully saturated rings. The van der Waals surface area contributed by atoms with Gasteiger partial charge < -0.3 is 9.97 Å². The van der Waals surface area contributed by atoms with Crippen molar-refractivity contribution in [1.82, 2.24) is 9.97 Å². The van der Waals surface area contributed by atoms with Crippen LogP contribution in [0.5, 0.6) is 0 Å². The van der Waals surface area contributed by atoms with Crippen molar-refractivity contribution >= 4 is 28.2 Å². The van der Waals surface area contributed by atoms with E-state index in [-0.39, 0.29) is 11.5 Å². The number of aromatic nitrogens is 2. The molecule has 0 atom stereocenters. The summed E-state index contributed by atoms with van der Waals surface area (Å²) < 4.78 is 0. The number of fused-ring (bicyclic) bond motifs is 1. The van der Waals surface area contributed by atoms with Crippen LogP contribution < -0.4 is 5.69 Å². The van der Waals surface area contributed by atoms with E-state index in [9.17, 15) is 9.59 Å². The SMILES string of the molecule is O=C(c1ccsc1)c1ccc2[nH]c(=O)[nH]c2c1. The summed E-state index contributed by atoms with van der Waals surface area (Å²) in [4.78, 5) is 28.4. The van der Waals surface area contributed by atoms with Crippen LogP contribution in [0.15, 0.2) is 39.8 Å². The second-order valence-electron chi connectivity index (χ2n) is 3.68. The molecule has 2 aromatic heterocycles. The zero-order valence-electron chi connectivity index (χ0n) is 8.69. The average molecular weight is 244 g/mol. The summed E-state index contributed by atoms with van der Waals surface area (Å²) in [6, 6.07) is 6.92. The largest absolute Gasteiger partial charge is 0.323 e. The van der Waals surface area contributed by atoms with Gasteiger partial charge in [0.1, 0.15) is 0 Å². The maximum atomic E-state index is 12.1. The Kier molecular flexibility index (Phi) is 2.19. The van der Waals surface area contributed by atoms with Crippen LogP contribution >= 0.6 is 11.3 Å². The van der Waals surface area contributed by atoms with Crippen LogP contribution in [0.4, 0.5) is 0 Å². The summed E-state index contributed by atoms with van der Waals surface area (Å²) in [7, 11) is 0. The van der Waals surface area contributed by atoms with Gasteiger partial charge in [-0.3, -0.25) is 4.79 Å². The van der Waals surface area contributed by atoms with E-state index in [2.05, 4.69) is 9.97 Å². The molecule has 3 rings (SSSR count). The summed E-state index contributed by atoms with van der Waals surface area (Å²) in [5.41, 5.74) is 2.34. The van der Waals surface area contributed by atoms with Crippen molar-refractivity contribution in [3.8, 4) is 0 Å². The molecule has 17 heavy (non-hydrogen) atoms. The highest BCUT2D eigenvalue weighted by atomic mass is 32.1. The first kappa shape index (κ1) is 10.0. The minimum Gasteiger partial charge on any atom is -0.306 e. The molecule has 0 radical (unpaired) electrons. The molecule has 0 aliphatic rings. The lowest BCUT2D eigenvalue weighted by Gasteiger charge is -1.98. The van der Waals surface area contributed by atoms with E-state index in [1.807, 2.05) is 10.8 Å². The zero-order valence-corrected chi connectivity index (χ0v) is 9.51. The topological polar surface area (TPSA) is 65.7 Å².